The summed E-state index contributed by atoms with van der Waals surface area (Å²) in [6.45, 7) is 12.9. The van der Waals surface area contributed by atoms with Gasteiger partial charge in [0.25, 0.3) is 0 Å². The van der Waals surface area contributed by atoms with Crippen molar-refractivity contribution >= 4 is 0 Å². The second-order valence-electron chi connectivity index (χ2n) is 5.90. The highest BCUT2D eigenvalue weighted by Crippen LogP contribution is 2.33. The molecule has 1 N–H and O–H groups in total. The summed E-state index contributed by atoms with van der Waals surface area (Å²) in [4.78, 5) is 2.50. The number of aliphatic hydroxyl groups excluding tert-OH is 1. The standard InChI is InChI=1S/C12H25NO/c1-10(9-14)7-13-6-5-11(8-13)12(2,3)4/h10-11,14H,5-9H2,1-4H3. The molecule has 1 rings (SSSR count). The summed E-state index contributed by atoms with van der Waals surface area (Å²) >= 11 is 0. The van der Waals surface area contributed by atoms with Crippen LogP contribution in [0.15, 0.2) is 0 Å². The lowest BCUT2D eigenvalue weighted by molar-refractivity contribution is 0.175. The van der Waals surface area contributed by atoms with Crippen molar-refractivity contribution in [1.29, 1.82) is 0 Å². The van der Waals surface area contributed by atoms with E-state index in [1.165, 1.54) is 19.5 Å². The Morgan fingerprint density at radius 1 is 1.43 bits per heavy atom. The molecule has 0 aromatic heterocycles. The van der Waals surface area contributed by atoms with Crippen molar-refractivity contribution in [3.8, 4) is 0 Å². The number of hydrogen-bond acceptors (Lipinski definition) is 2. The Balaban J connectivity index is 2.34. The predicted octanol–water partition coefficient (Wildman–Crippen LogP) is 1.98. The van der Waals surface area contributed by atoms with E-state index in [1.54, 1.807) is 0 Å². The molecule has 0 saturated carbocycles. The molecule has 1 heterocycles. The maximum atomic E-state index is 8.99. The van der Waals surface area contributed by atoms with Crippen LogP contribution < -0.4 is 0 Å². The molecule has 1 aliphatic rings. The molecule has 2 atom stereocenters. The van der Waals surface area contributed by atoms with E-state index < -0.39 is 0 Å². The largest absolute Gasteiger partial charge is 0.396 e. The van der Waals surface area contributed by atoms with Gasteiger partial charge in [-0.15, -0.1) is 0 Å². The Labute approximate surface area is 88.3 Å². The fourth-order valence-corrected chi connectivity index (χ4v) is 2.20. The first kappa shape index (κ1) is 12.0. The summed E-state index contributed by atoms with van der Waals surface area (Å²) in [5.74, 6) is 1.25. The minimum absolute atomic E-state index is 0.316. The number of hydrogen-bond donors (Lipinski definition) is 1. The molecule has 1 fully saturated rings. The molecular formula is C12H25NO. The molecule has 2 unspecified atom stereocenters. The first-order valence-corrected chi connectivity index (χ1v) is 5.76. The van der Waals surface area contributed by atoms with Crippen LogP contribution in [0.3, 0.4) is 0 Å². The summed E-state index contributed by atoms with van der Waals surface area (Å²) in [5, 5.41) is 8.99. The molecule has 14 heavy (non-hydrogen) atoms. The highest BCUT2D eigenvalue weighted by molar-refractivity contribution is 4.84. The van der Waals surface area contributed by atoms with Crippen LogP contribution in [-0.4, -0.2) is 36.2 Å². The van der Waals surface area contributed by atoms with Gasteiger partial charge in [-0.25, -0.2) is 0 Å². The van der Waals surface area contributed by atoms with E-state index in [9.17, 15) is 0 Å². The maximum absolute atomic E-state index is 8.99. The molecule has 1 aliphatic heterocycles. The zero-order chi connectivity index (χ0) is 10.8. The van der Waals surface area contributed by atoms with Crippen LogP contribution >= 0.6 is 0 Å². The van der Waals surface area contributed by atoms with Crippen LogP contribution in [0.4, 0.5) is 0 Å². The zero-order valence-corrected chi connectivity index (χ0v) is 10.1. The van der Waals surface area contributed by atoms with Crippen LogP contribution in [0.25, 0.3) is 0 Å². The molecule has 0 bridgehead atoms. The van der Waals surface area contributed by atoms with E-state index in [4.69, 9.17) is 5.11 Å². The van der Waals surface area contributed by atoms with Crippen molar-refractivity contribution in [2.24, 2.45) is 17.3 Å². The highest BCUT2D eigenvalue weighted by atomic mass is 16.3. The topological polar surface area (TPSA) is 23.5 Å². The van der Waals surface area contributed by atoms with Gasteiger partial charge < -0.3 is 10.0 Å². The van der Waals surface area contributed by atoms with Crippen molar-refractivity contribution < 1.29 is 5.11 Å². The summed E-state index contributed by atoms with van der Waals surface area (Å²) in [7, 11) is 0. The highest BCUT2D eigenvalue weighted by Gasteiger charge is 2.31. The molecule has 0 amide bonds. The Bertz CT molecular complexity index is 174. The number of nitrogens with zero attached hydrogens (tertiary/aromatic N) is 1. The van der Waals surface area contributed by atoms with Gasteiger partial charge in [-0.2, -0.15) is 0 Å². The van der Waals surface area contributed by atoms with Crippen LogP contribution in [0, 0.1) is 17.3 Å². The normalized spacial score (nSPS) is 26.8. The van der Waals surface area contributed by atoms with E-state index in [2.05, 4.69) is 32.6 Å². The smallest absolute Gasteiger partial charge is 0.0468 e. The lowest BCUT2D eigenvalue weighted by Crippen LogP contribution is -2.30. The van der Waals surface area contributed by atoms with Gasteiger partial charge in [-0.3, -0.25) is 0 Å². The summed E-state index contributed by atoms with van der Waals surface area (Å²) in [5.41, 5.74) is 0.442. The quantitative estimate of drug-likeness (QED) is 0.751. The lowest BCUT2D eigenvalue weighted by Gasteiger charge is -2.27. The molecule has 2 heteroatoms. The molecule has 0 aliphatic carbocycles. The van der Waals surface area contributed by atoms with Gasteiger partial charge in [0.1, 0.15) is 0 Å². The molecule has 84 valence electrons. The zero-order valence-electron chi connectivity index (χ0n) is 10.1. The fourth-order valence-electron chi connectivity index (χ4n) is 2.20. The number of rotatable bonds is 3. The lowest BCUT2D eigenvalue weighted by atomic mass is 9.80. The predicted molar refractivity (Wildman–Crippen MR) is 60.3 cm³/mol. The Hall–Kier alpha value is -0.0800. The monoisotopic (exact) mass is 199 g/mol. The molecule has 2 nitrogen and oxygen atoms in total. The van der Waals surface area contributed by atoms with E-state index in [-0.39, 0.29) is 0 Å². The fraction of sp³-hybridized carbons (Fsp3) is 1.00. The molecule has 0 aromatic rings. The molecule has 1 saturated heterocycles. The minimum atomic E-state index is 0.316. The van der Waals surface area contributed by atoms with E-state index >= 15 is 0 Å². The molecular weight excluding hydrogens is 174 g/mol. The van der Waals surface area contributed by atoms with Gasteiger partial charge in [0, 0.05) is 19.7 Å². The third-order valence-corrected chi connectivity index (χ3v) is 3.38. The van der Waals surface area contributed by atoms with Gasteiger partial charge in [0.15, 0.2) is 0 Å². The number of aliphatic hydroxyl groups is 1. The van der Waals surface area contributed by atoms with Crippen LogP contribution in [0.1, 0.15) is 34.1 Å². The average molecular weight is 199 g/mol. The van der Waals surface area contributed by atoms with Crippen LogP contribution in [-0.2, 0) is 0 Å². The summed E-state index contributed by atoms with van der Waals surface area (Å²) < 4.78 is 0. The van der Waals surface area contributed by atoms with Crippen molar-refractivity contribution in [2.75, 3.05) is 26.2 Å². The number of likely N-dealkylation sites (tertiary alicyclic amines) is 1. The third-order valence-electron chi connectivity index (χ3n) is 3.38. The van der Waals surface area contributed by atoms with Crippen molar-refractivity contribution in [3.63, 3.8) is 0 Å². The van der Waals surface area contributed by atoms with Gasteiger partial charge in [-0.1, -0.05) is 27.7 Å². The first-order valence-electron chi connectivity index (χ1n) is 5.76. The van der Waals surface area contributed by atoms with E-state index in [0.717, 1.165) is 12.5 Å². The third kappa shape index (κ3) is 3.25. The summed E-state index contributed by atoms with van der Waals surface area (Å²) in [6.07, 6.45) is 1.32. The van der Waals surface area contributed by atoms with Crippen molar-refractivity contribution in [3.05, 3.63) is 0 Å². The van der Waals surface area contributed by atoms with Crippen molar-refractivity contribution in [1.82, 2.24) is 4.90 Å². The first-order chi connectivity index (χ1) is 6.43. The van der Waals surface area contributed by atoms with Gasteiger partial charge >= 0.3 is 0 Å². The van der Waals surface area contributed by atoms with E-state index in [1.807, 2.05) is 0 Å². The van der Waals surface area contributed by atoms with Crippen LogP contribution in [0.5, 0.6) is 0 Å². The van der Waals surface area contributed by atoms with Crippen LogP contribution in [0.2, 0.25) is 0 Å². The summed E-state index contributed by atoms with van der Waals surface area (Å²) in [6, 6.07) is 0. The molecule has 0 spiro atoms. The molecule has 0 radical (unpaired) electrons. The average Bonchev–Trinajstić information content (AvgIpc) is 2.51. The van der Waals surface area contributed by atoms with E-state index in [0.29, 0.717) is 17.9 Å². The molecule has 0 aromatic carbocycles. The Morgan fingerprint density at radius 2 is 2.07 bits per heavy atom. The second-order valence-corrected chi connectivity index (χ2v) is 5.90. The Morgan fingerprint density at radius 3 is 2.50 bits per heavy atom. The second kappa shape index (κ2) is 4.63. The SMILES string of the molecule is CC(CO)CN1CCC(C(C)(C)C)C1. The van der Waals surface area contributed by atoms with Gasteiger partial charge in [0.05, 0.1) is 0 Å². The minimum Gasteiger partial charge on any atom is -0.396 e. The Kier molecular flexibility index (Phi) is 3.96. The van der Waals surface area contributed by atoms with Gasteiger partial charge in [0.2, 0.25) is 0 Å². The van der Waals surface area contributed by atoms with Crippen molar-refractivity contribution in [2.45, 2.75) is 34.1 Å². The van der Waals surface area contributed by atoms with Gasteiger partial charge in [-0.05, 0) is 30.2 Å². The maximum Gasteiger partial charge on any atom is 0.0468 e.